The number of nitrogens with one attached hydrogen (secondary N) is 1. The van der Waals surface area contributed by atoms with Gasteiger partial charge in [0.05, 0.1) is 16.0 Å². The van der Waals surface area contributed by atoms with Crippen molar-refractivity contribution in [1.29, 1.82) is 0 Å². The zero-order chi connectivity index (χ0) is 17.8. The van der Waals surface area contributed by atoms with Crippen molar-refractivity contribution >= 4 is 50.6 Å². The molecule has 0 aliphatic rings. The Balaban J connectivity index is 1.34. The second-order valence-electron chi connectivity index (χ2n) is 5.41. The van der Waals surface area contributed by atoms with Crippen LogP contribution < -0.4 is 5.32 Å². The van der Waals surface area contributed by atoms with E-state index in [-0.39, 0.29) is 5.91 Å². The summed E-state index contributed by atoms with van der Waals surface area (Å²) in [5.74, 6) is 0.464. The SMILES string of the molecule is O=C(NCc1ccccc1)c1nnc(CSc2nc3ccccc3s2)s1. The Morgan fingerprint density at radius 1 is 1.00 bits per heavy atom. The summed E-state index contributed by atoms with van der Waals surface area (Å²) in [4.78, 5) is 16.8. The fraction of sp³-hybridized carbons (Fsp3) is 0.111. The Morgan fingerprint density at radius 3 is 2.65 bits per heavy atom. The first-order chi connectivity index (χ1) is 12.8. The highest BCUT2D eigenvalue weighted by Crippen LogP contribution is 2.31. The summed E-state index contributed by atoms with van der Waals surface area (Å²) in [6.45, 7) is 0.481. The third-order valence-electron chi connectivity index (χ3n) is 3.55. The van der Waals surface area contributed by atoms with E-state index in [1.807, 2.05) is 48.5 Å². The van der Waals surface area contributed by atoms with Crippen molar-refractivity contribution in [3.8, 4) is 0 Å². The number of aromatic nitrogens is 3. The fourth-order valence-electron chi connectivity index (χ4n) is 2.29. The molecule has 0 unspecified atom stereocenters. The molecule has 26 heavy (non-hydrogen) atoms. The minimum Gasteiger partial charge on any atom is -0.346 e. The fourth-order valence-corrected chi connectivity index (χ4v) is 5.10. The molecular formula is C18H14N4OS3. The highest BCUT2D eigenvalue weighted by molar-refractivity contribution is 8.00. The van der Waals surface area contributed by atoms with Crippen molar-refractivity contribution in [3.63, 3.8) is 0 Å². The first kappa shape index (κ1) is 17.1. The van der Waals surface area contributed by atoms with E-state index in [1.54, 1.807) is 23.1 Å². The number of benzene rings is 2. The molecule has 1 N–H and O–H groups in total. The van der Waals surface area contributed by atoms with Gasteiger partial charge in [-0.1, -0.05) is 65.6 Å². The molecule has 0 aliphatic heterocycles. The van der Waals surface area contributed by atoms with Crippen LogP contribution in [0.25, 0.3) is 10.2 Å². The number of hydrogen-bond donors (Lipinski definition) is 1. The number of hydrogen-bond acceptors (Lipinski definition) is 7. The second-order valence-corrected chi connectivity index (χ2v) is 8.72. The van der Waals surface area contributed by atoms with Crippen LogP contribution in [0.5, 0.6) is 0 Å². The number of nitrogens with zero attached hydrogens (tertiary/aromatic N) is 3. The molecule has 0 radical (unpaired) electrons. The van der Waals surface area contributed by atoms with Crippen molar-refractivity contribution in [2.45, 2.75) is 16.6 Å². The number of para-hydroxylation sites is 1. The maximum absolute atomic E-state index is 12.2. The van der Waals surface area contributed by atoms with Crippen molar-refractivity contribution < 1.29 is 4.79 Å². The first-order valence-electron chi connectivity index (χ1n) is 7.91. The lowest BCUT2D eigenvalue weighted by Gasteiger charge is -2.01. The van der Waals surface area contributed by atoms with E-state index < -0.39 is 0 Å². The first-order valence-corrected chi connectivity index (χ1v) is 10.5. The lowest BCUT2D eigenvalue weighted by molar-refractivity contribution is 0.0950. The summed E-state index contributed by atoms with van der Waals surface area (Å²) in [5, 5.41) is 12.2. The third-order valence-corrected chi connectivity index (χ3v) is 6.85. The average molecular weight is 399 g/mol. The van der Waals surface area contributed by atoms with E-state index in [0.717, 1.165) is 20.4 Å². The van der Waals surface area contributed by atoms with Crippen LogP contribution in [0, 0.1) is 0 Å². The molecular weight excluding hydrogens is 384 g/mol. The summed E-state index contributed by atoms with van der Waals surface area (Å²) in [7, 11) is 0. The molecule has 2 heterocycles. The molecule has 0 bridgehead atoms. The van der Waals surface area contributed by atoms with Crippen LogP contribution in [0.15, 0.2) is 58.9 Å². The highest BCUT2D eigenvalue weighted by Gasteiger charge is 2.13. The van der Waals surface area contributed by atoms with E-state index >= 15 is 0 Å². The van der Waals surface area contributed by atoms with Gasteiger partial charge in [0.15, 0.2) is 4.34 Å². The van der Waals surface area contributed by atoms with Gasteiger partial charge in [0.1, 0.15) is 5.01 Å². The smallest absolute Gasteiger partial charge is 0.282 e. The summed E-state index contributed by atoms with van der Waals surface area (Å²) < 4.78 is 2.17. The minimum absolute atomic E-state index is 0.192. The molecule has 2 aromatic heterocycles. The normalized spacial score (nSPS) is 10.9. The Morgan fingerprint density at radius 2 is 1.81 bits per heavy atom. The van der Waals surface area contributed by atoms with Crippen LogP contribution >= 0.6 is 34.4 Å². The summed E-state index contributed by atoms with van der Waals surface area (Å²) >= 11 is 4.61. The number of carbonyl (C=O) groups is 1. The van der Waals surface area contributed by atoms with Gasteiger partial charge >= 0.3 is 0 Å². The average Bonchev–Trinajstić information content (AvgIpc) is 3.31. The van der Waals surface area contributed by atoms with Gasteiger partial charge in [-0.3, -0.25) is 4.79 Å². The predicted octanol–water partition coefficient (Wildman–Crippen LogP) is 4.37. The van der Waals surface area contributed by atoms with Gasteiger partial charge in [0.2, 0.25) is 5.01 Å². The number of amides is 1. The van der Waals surface area contributed by atoms with Crippen LogP contribution in [0.4, 0.5) is 0 Å². The molecule has 0 aliphatic carbocycles. The van der Waals surface area contributed by atoms with Crippen molar-refractivity contribution in [1.82, 2.24) is 20.5 Å². The summed E-state index contributed by atoms with van der Waals surface area (Å²) in [6.07, 6.45) is 0. The zero-order valence-electron chi connectivity index (χ0n) is 13.6. The van der Waals surface area contributed by atoms with Crippen LogP contribution in [0.1, 0.15) is 20.4 Å². The van der Waals surface area contributed by atoms with E-state index in [9.17, 15) is 4.79 Å². The van der Waals surface area contributed by atoms with E-state index in [0.29, 0.717) is 17.3 Å². The standard InChI is InChI=1S/C18H14N4OS3/c23-16(19-10-12-6-2-1-3-7-12)17-22-21-15(26-17)11-24-18-20-13-8-4-5-9-14(13)25-18/h1-9H,10-11H2,(H,19,23). The molecule has 5 nitrogen and oxygen atoms in total. The third kappa shape index (κ3) is 4.09. The second kappa shape index (κ2) is 7.94. The lowest BCUT2D eigenvalue weighted by atomic mass is 10.2. The van der Waals surface area contributed by atoms with Gasteiger partial charge in [-0.25, -0.2) is 4.98 Å². The van der Waals surface area contributed by atoms with Crippen molar-refractivity contribution in [2.24, 2.45) is 0 Å². The summed E-state index contributed by atoms with van der Waals surface area (Å²) in [6, 6.07) is 17.9. The maximum atomic E-state index is 12.2. The van der Waals surface area contributed by atoms with Crippen LogP contribution in [0.3, 0.4) is 0 Å². The number of thioether (sulfide) groups is 1. The molecule has 1 amide bonds. The predicted molar refractivity (Wildman–Crippen MR) is 107 cm³/mol. The number of thiazole rings is 1. The molecule has 4 rings (SSSR count). The Bertz CT molecular complexity index is 996. The highest BCUT2D eigenvalue weighted by atomic mass is 32.2. The lowest BCUT2D eigenvalue weighted by Crippen LogP contribution is -2.22. The van der Waals surface area contributed by atoms with Gasteiger partial charge in [-0.05, 0) is 17.7 Å². The topological polar surface area (TPSA) is 67.8 Å². The van der Waals surface area contributed by atoms with Crippen molar-refractivity contribution in [2.75, 3.05) is 0 Å². The molecule has 0 fully saturated rings. The zero-order valence-corrected chi connectivity index (χ0v) is 16.0. The molecule has 0 saturated heterocycles. The van der Waals surface area contributed by atoms with Crippen LogP contribution in [0.2, 0.25) is 0 Å². The maximum Gasteiger partial charge on any atom is 0.282 e. The molecule has 8 heteroatoms. The Kier molecular flexibility index (Phi) is 5.24. The minimum atomic E-state index is -0.192. The molecule has 4 aromatic rings. The van der Waals surface area contributed by atoms with E-state index in [4.69, 9.17) is 0 Å². The van der Waals surface area contributed by atoms with Crippen molar-refractivity contribution in [3.05, 3.63) is 70.2 Å². The van der Waals surface area contributed by atoms with E-state index in [2.05, 4.69) is 26.6 Å². The van der Waals surface area contributed by atoms with Crippen LogP contribution in [-0.4, -0.2) is 21.1 Å². The van der Waals surface area contributed by atoms with Gasteiger partial charge in [-0.2, -0.15) is 0 Å². The molecule has 2 aromatic carbocycles. The molecule has 130 valence electrons. The monoisotopic (exact) mass is 398 g/mol. The number of rotatable bonds is 6. The van der Waals surface area contributed by atoms with Gasteiger partial charge < -0.3 is 5.32 Å². The Hall–Kier alpha value is -2.29. The van der Waals surface area contributed by atoms with Crippen LogP contribution in [-0.2, 0) is 12.3 Å². The Labute approximate surface area is 162 Å². The van der Waals surface area contributed by atoms with Gasteiger partial charge in [0.25, 0.3) is 5.91 Å². The summed E-state index contributed by atoms with van der Waals surface area (Å²) in [5.41, 5.74) is 2.07. The number of carbonyl (C=O) groups excluding carboxylic acids is 1. The molecule has 0 saturated carbocycles. The molecule has 0 spiro atoms. The quantitative estimate of drug-likeness (QED) is 0.489. The van der Waals surface area contributed by atoms with Gasteiger partial charge in [0, 0.05) is 6.54 Å². The largest absolute Gasteiger partial charge is 0.346 e. The van der Waals surface area contributed by atoms with Gasteiger partial charge in [-0.15, -0.1) is 21.5 Å². The number of fused-ring (bicyclic) bond motifs is 1. The molecule has 0 atom stereocenters. The van der Waals surface area contributed by atoms with E-state index in [1.165, 1.54) is 16.0 Å².